The van der Waals surface area contributed by atoms with E-state index in [1.54, 1.807) is 36.4 Å². The molecule has 4 nitrogen and oxygen atoms in total. The molecule has 0 aliphatic carbocycles. The monoisotopic (exact) mass is 336 g/mol. The van der Waals surface area contributed by atoms with Crippen molar-refractivity contribution in [1.82, 2.24) is 0 Å². The summed E-state index contributed by atoms with van der Waals surface area (Å²) in [5, 5.41) is 0. The van der Waals surface area contributed by atoms with Gasteiger partial charge >= 0.3 is 0 Å². The van der Waals surface area contributed by atoms with Crippen LogP contribution in [0, 0.1) is 0 Å². The van der Waals surface area contributed by atoms with Gasteiger partial charge in [0.2, 0.25) is 0 Å². The maximum absolute atomic E-state index is 11.3. The Labute approximate surface area is 147 Å². The van der Waals surface area contributed by atoms with Crippen LogP contribution in [0.3, 0.4) is 0 Å². The molecule has 0 saturated heterocycles. The number of carbonyl (C=O) groups is 2. The van der Waals surface area contributed by atoms with Gasteiger partial charge in [-0.1, -0.05) is 37.4 Å². The lowest BCUT2D eigenvalue weighted by molar-refractivity contribution is 0.111. The maximum Gasteiger partial charge on any atom is 0.153 e. The smallest absolute Gasteiger partial charge is 0.153 e. The molecule has 0 amide bonds. The Morgan fingerprint density at radius 1 is 0.760 bits per heavy atom. The Hall–Kier alpha value is -3.14. The fourth-order valence-corrected chi connectivity index (χ4v) is 2.40. The molecule has 0 saturated carbocycles. The molecular formula is C21H20O4. The lowest BCUT2D eigenvalue weighted by atomic mass is 10.0. The van der Waals surface area contributed by atoms with Crippen molar-refractivity contribution < 1.29 is 19.1 Å². The molecule has 0 aliphatic rings. The van der Waals surface area contributed by atoms with Crippen molar-refractivity contribution in [2.45, 2.75) is 6.42 Å². The van der Waals surface area contributed by atoms with E-state index in [1.165, 1.54) is 0 Å². The van der Waals surface area contributed by atoms with Crippen LogP contribution in [-0.2, 0) is 6.42 Å². The number of hydrogen-bond acceptors (Lipinski definition) is 4. The van der Waals surface area contributed by atoms with E-state index in [9.17, 15) is 9.59 Å². The van der Waals surface area contributed by atoms with Crippen LogP contribution in [-0.4, -0.2) is 25.8 Å². The molecule has 0 spiro atoms. The van der Waals surface area contributed by atoms with E-state index >= 15 is 0 Å². The first kappa shape index (κ1) is 18.2. The number of rotatable bonds is 10. The van der Waals surface area contributed by atoms with Crippen LogP contribution in [0.25, 0.3) is 0 Å². The molecule has 0 aromatic heterocycles. The Morgan fingerprint density at radius 3 is 1.56 bits per heavy atom. The number of carbonyl (C=O) groups excluding carboxylic acids is 2. The second-order valence-electron chi connectivity index (χ2n) is 5.36. The minimum atomic E-state index is 0.342. The first-order valence-electron chi connectivity index (χ1n) is 7.85. The van der Waals surface area contributed by atoms with Crippen molar-refractivity contribution >= 4 is 12.6 Å². The van der Waals surface area contributed by atoms with Gasteiger partial charge in [0.25, 0.3) is 0 Å². The zero-order chi connectivity index (χ0) is 18.1. The number of hydrogen-bond donors (Lipinski definition) is 0. The fourth-order valence-electron chi connectivity index (χ4n) is 2.40. The van der Waals surface area contributed by atoms with Crippen LogP contribution in [0.4, 0.5) is 0 Å². The number of ether oxygens (including phenoxy) is 2. The fraction of sp³-hybridized carbons (Fsp3) is 0.143. The summed E-state index contributed by atoms with van der Waals surface area (Å²) in [6.07, 6.45) is 5.38. The van der Waals surface area contributed by atoms with Crippen LogP contribution in [0.1, 0.15) is 31.8 Å². The summed E-state index contributed by atoms with van der Waals surface area (Å²) < 4.78 is 10.9. The highest BCUT2D eigenvalue weighted by atomic mass is 16.5. The zero-order valence-electron chi connectivity index (χ0n) is 13.9. The van der Waals surface area contributed by atoms with Gasteiger partial charge in [-0.3, -0.25) is 9.59 Å². The molecule has 0 unspecified atom stereocenters. The predicted octanol–water partition coefficient (Wildman–Crippen LogP) is 4.03. The van der Waals surface area contributed by atoms with E-state index in [0.717, 1.165) is 23.7 Å². The second kappa shape index (κ2) is 9.23. The van der Waals surface area contributed by atoms with Crippen LogP contribution in [0.15, 0.2) is 61.7 Å². The predicted molar refractivity (Wildman–Crippen MR) is 97.8 cm³/mol. The molecule has 2 aromatic carbocycles. The van der Waals surface area contributed by atoms with Gasteiger partial charge < -0.3 is 9.47 Å². The third-order valence-corrected chi connectivity index (χ3v) is 3.52. The topological polar surface area (TPSA) is 52.6 Å². The van der Waals surface area contributed by atoms with Crippen molar-refractivity contribution in [3.63, 3.8) is 0 Å². The van der Waals surface area contributed by atoms with E-state index in [0.29, 0.717) is 42.3 Å². The first-order chi connectivity index (χ1) is 12.2. The highest BCUT2D eigenvalue weighted by molar-refractivity contribution is 5.80. The summed E-state index contributed by atoms with van der Waals surface area (Å²) in [6.45, 7) is 7.86. The summed E-state index contributed by atoms with van der Waals surface area (Å²) in [5.41, 5.74) is 2.87. The maximum atomic E-state index is 11.3. The van der Waals surface area contributed by atoms with Gasteiger partial charge in [-0.05, 0) is 41.8 Å². The first-order valence-corrected chi connectivity index (χ1v) is 7.85. The van der Waals surface area contributed by atoms with Crippen molar-refractivity contribution in [1.29, 1.82) is 0 Å². The summed E-state index contributed by atoms with van der Waals surface area (Å²) in [4.78, 5) is 22.5. The largest absolute Gasteiger partial charge is 0.489 e. The van der Waals surface area contributed by atoms with Gasteiger partial charge in [0.05, 0.1) is 11.1 Å². The van der Waals surface area contributed by atoms with E-state index in [1.807, 2.05) is 12.1 Å². The number of aldehydes is 2. The third-order valence-electron chi connectivity index (χ3n) is 3.52. The van der Waals surface area contributed by atoms with Gasteiger partial charge in [0.15, 0.2) is 12.6 Å². The third kappa shape index (κ3) is 4.91. The second-order valence-corrected chi connectivity index (χ2v) is 5.36. The van der Waals surface area contributed by atoms with Crippen molar-refractivity contribution in [2.24, 2.45) is 0 Å². The quantitative estimate of drug-likeness (QED) is 0.485. The lowest BCUT2D eigenvalue weighted by Gasteiger charge is -2.10. The van der Waals surface area contributed by atoms with E-state index in [-0.39, 0.29) is 0 Å². The standard InChI is InChI=1S/C21H20O4/c1-3-9-24-20-7-5-16(12-18(20)14-22)11-17-6-8-21(25-10-4-2)19(13-17)15-23/h3-8,12-15H,1-2,9-11H2. The summed E-state index contributed by atoms with van der Waals surface area (Å²) in [7, 11) is 0. The van der Waals surface area contributed by atoms with Gasteiger partial charge in [0, 0.05) is 0 Å². The molecule has 0 bridgehead atoms. The van der Waals surface area contributed by atoms with E-state index in [2.05, 4.69) is 13.2 Å². The zero-order valence-corrected chi connectivity index (χ0v) is 13.9. The molecule has 0 N–H and O–H groups in total. The molecule has 2 rings (SSSR count). The van der Waals surface area contributed by atoms with Crippen LogP contribution >= 0.6 is 0 Å². The molecule has 0 aliphatic heterocycles. The van der Waals surface area contributed by atoms with Gasteiger partial charge in [-0.2, -0.15) is 0 Å². The molecular weight excluding hydrogens is 316 g/mol. The molecule has 4 heteroatoms. The summed E-state index contributed by atoms with van der Waals surface area (Å²) >= 11 is 0. The van der Waals surface area contributed by atoms with Gasteiger partial charge in [-0.15, -0.1) is 0 Å². The SMILES string of the molecule is C=CCOc1ccc(Cc2ccc(OCC=C)c(C=O)c2)cc1C=O. The Balaban J connectivity index is 2.21. The Bertz CT molecular complexity index is 712. The van der Waals surface area contributed by atoms with E-state index in [4.69, 9.17) is 9.47 Å². The highest BCUT2D eigenvalue weighted by Crippen LogP contribution is 2.23. The van der Waals surface area contributed by atoms with Crippen LogP contribution in [0.2, 0.25) is 0 Å². The number of benzene rings is 2. The Kier molecular flexibility index (Phi) is 6.72. The summed E-state index contributed by atoms with van der Waals surface area (Å²) in [5.74, 6) is 1.06. The molecule has 0 heterocycles. The van der Waals surface area contributed by atoms with E-state index < -0.39 is 0 Å². The highest BCUT2D eigenvalue weighted by Gasteiger charge is 2.08. The molecule has 2 aromatic rings. The molecule has 0 fully saturated rings. The molecule has 0 atom stereocenters. The molecule has 128 valence electrons. The average Bonchev–Trinajstić information content (AvgIpc) is 2.65. The van der Waals surface area contributed by atoms with Crippen molar-refractivity contribution in [3.8, 4) is 11.5 Å². The minimum absolute atomic E-state index is 0.342. The van der Waals surface area contributed by atoms with Gasteiger partial charge in [0.1, 0.15) is 24.7 Å². The minimum Gasteiger partial charge on any atom is -0.489 e. The molecule has 0 radical (unpaired) electrons. The van der Waals surface area contributed by atoms with Crippen molar-refractivity contribution in [3.05, 3.63) is 84.0 Å². The molecule has 25 heavy (non-hydrogen) atoms. The van der Waals surface area contributed by atoms with Crippen LogP contribution in [0.5, 0.6) is 11.5 Å². The van der Waals surface area contributed by atoms with Crippen LogP contribution < -0.4 is 9.47 Å². The average molecular weight is 336 g/mol. The van der Waals surface area contributed by atoms with Crippen molar-refractivity contribution in [2.75, 3.05) is 13.2 Å². The van der Waals surface area contributed by atoms with Gasteiger partial charge in [-0.25, -0.2) is 0 Å². The summed E-state index contributed by atoms with van der Waals surface area (Å²) in [6, 6.07) is 10.9. The normalized spacial score (nSPS) is 9.92. The Morgan fingerprint density at radius 2 is 1.20 bits per heavy atom. The lowest BCUT2D eigenvalue weighted by Crippen LogP contribution is -2.00.